The molecule has 1 aliphatic heterocycles. The number of aliphatic hydroxyl groups excluding tert-OH is 1. The van der Waals surface area contributed by atoms with E-state index >= 15 is 0 Å². The first-order chi connectivity index (χ1) is 9.10. The van der Waals surface area contributed by atoms with Crippen LogP contribution in [0.5, 0.6) is 0 Å². The SMILES string of the molecule is N#CC1=C(N)C=C(O)N(/N=C/c2ccc(Cl)cc2)C1. The molecule has 0 bridgehead atoms. The van der Waals surface area contributed by atoms with E-state index in [1.165, 1.54) is 11.1 Å². The van der Waals surface area contributed by atoms with Crippen molar-refractivity contribution in [3.63, 3.8) is 0 Å². The molecule has 6 heteroatoms. The molecule has 0 aromatic heterocycles. The van der Waals surface area contributed by atoms with Gasteiger partial charge in [0, 0.05) is 11.1 Å². The maximum atomic E-state index is 9.70. The lowest BCUT2D eigenvalue weighted by Gasteiger charge is -2.21. The van der Waals surface area contributed by atoms with Crippen LogP contribution in [0.25, 0.3) is 0 Å². The molecule has 96 valence electrons. The second-order valence-corrected chi connectivity index (χ2v) is 4.34. The number of rotatable bonds is 2. The van der Waals surface area contributed by atoms with E-state index in [9.17, 15) is 5.11 Å². The molecule has 0 radical (unpaired) electrons. The number of benzene rings is 1. The summed E-state index contributed by atoms with van der Waals surface area (Å²) in [7, 11) is 0. The average molecular weight is 275 g/mol. The summed E-state index contributed by atoms with van der Waals surface area (Å²) in [5.41, 5.74) is 7.05. The third kappa shape index (κ3) is 3.06. The predicted molar refractivity (Wildman–Crippen MR) is 73.3 cm³/mol. The highest BCUT2D eigenvalue weighted by Gasteiger charge is 2.17. The lowest BCUT2D eigenvalue weighted by molar-refractivity contribution is 0.217. The first-order valence-corrected chi connectivity index (χ1v) is 5.84. The molecule has 0 saturated carbocycles. The van der Waals surface area contributed by atoms with E-state index < -0.39 is 0 Å². The number of nitrogens with two attached hydrogens (primary N) is 1. The largest absolute Gasteiger partial charge is 0.493 e. The van der Waals surface area contributed by atoms with Gasteiger partial charge in [-0.25, -0.2) is 5.01 Å². The minimum Gasteiger partial charge on any atom is -0.493 e. The van der Waals surface area contributed by atoms with E-state index in [1.807, 2.05) is 6.07 Å². The monoisotopic (exact) mass is 274 g/mol. The minimum atomic E-state index is -0.0956. The molecule has 1 aromatic carbocycles. The van der Waals surface area contributed by atoms with Gasteiger partial charge in [0.1, 0.15) is 0 Å². The van der Waals surface area contributed by atoms with E-state index in [4.69, 9.17) is 22.6 Å². The second kappa shape index (κ2) is 5.46. The lowest BCUT2D eigenvalue weighted by Crippen LogP contribution is -2.25. The Bertz CT molecular complexity index is 611. The van der Waals surface area contributed by atoms with Gasteiger partial charge in [-0.05, 0) is 17.7 Å². The van der Waals surface area contributed by atoms with E-state index in [0.717, 1.165) is 5.56 Å². The third-order valence-corrected chi connectivity index (χ3v) is 2.81. The van der Waals surface area contributed by atoms with Gasteiger partial charge in [-0.3, -0.25) is 0 Å². The molecule has 0 spiro atoms. The van der Waals surface area contributed by atoms with Gasteiger partial charge in [-0.15, -0.1) is 0 Å². The van der Waals surface area contributed by atoms with Crippen LogP contribution in [0.15, 0.2) is 52.6 Å². The predicted octanol–water partition coefficient (Wildman–Crippen LogP) is 2.13. The Hall–Kier alpha value is -2.45. The third-order valence-electron chi connectivity index (χ3n) is 2.56. The van der Waals surface area contributed by atoms with Crippen LogP contribution in [0.1, 0.15) is 5.56 Å². The Labute approximate surface area is 115 Å². The van der Waals surface area contributed by atoms with Gasteiger partial charge in [-0.2, -0.15) is 10.4 Å². The van der Waals surface area contributed by atoms with Crippen molar-refractivity contribution in [1.82, 2.24) is 5.01 Å². The highest BCUT2D eigenvalue weighted by Crippen LogP contribution is 2.16. The van der Waals surface area contributed by atoms with Crippen LogP contribution in [0, 0.1) is 11.3 Å². The number of aliphatic hydroxyl groups is 1. The summed E-state index contributed by atoms with van der Waals surface area (Å²) in [5, 5.41) is 24.6. The number of nitrogens with zero attached hydrogens (tertiary/aromatic N) is 3. The maximum absolute atomic E-state index is 9.70. The van der Waals surface area contributed by atoms with Gasteiger partial charge in [0.15, 0.2) is 0 Å². The molecule has 0 fully saturated rings. The Balaban J connectivity index is 2.15. The fourth-order valence-electron chi connectivity index (χ4n) is 1.51. The van der Waals surface area contributed by atoms with Gasteiger partial charge in [0.2, 0.25) is 5.88 Å². The molecule has 3 N–H and O–H groups in total. The number of halogens is 1. The molecule has 1 aromatic rings. The van der Waals surface area contributed by atoms with E-state index in [-0.39, 0.29) is 18.1 Å². The second-order valence-electron chi connectivity index (χ2n) is 3.90. The first kappa shape index (κ1) is 13.0. The smallest absolute Gasteiger partial charge is 0.210 e. The number of hydrogen-bond acceptors (Lipinski definition) is 5. The normalized spacial score (nSPS) is 15.6. The zero-order chi connectivity index (χ0) is 13.8. The van der Waals surface area contributed by atoms with Crippen LogP contribution in [-0.2, 0) is 0 Å². The number of hydrogen-bond donors (Lipinski definition) is 2. The fraction of sp³-hybridized carbons (Fsp3) is 0.0769. The quantitative estimate of drug-likeness (QED) is 0.809. The highest BCUT2D eigenvalue weighted by atomic mass is 35.5. The lowest BCUT2D eigenvalue weighted by atomic mass is 10.2. The molecule has 0 unspecified atom stereocenters. The van der Waals surface area contributed by atoms with Crippen molar-refractivity contribution in [2.75, 3.05) is 6.54 Å². The summed E-state index contributed by atoms with van der Waals surface area (Å²) >= 11 is 5.78. The summed E-state index contributed by atoms with van der Waals surface area (Å²) in [6, 6.07) is 9.06. The number of nitriles is 1. The number of hydrazone groups is 1. The van der Waals surface area contributed by atoms with Crippen molar-refractivity contribution in [1.29, 1.82) is 5.26 Å². The summed E-state index contributed by atoms with van der Waals surface area (Å²) in [4.78, 5) is 0. The van der Waals surface area contributed by atoms with Crippen molar-refractivity contribution in [2.24, 2.45) is 10.8 Å². The van der Waals surface area contributed by atoms with Gasteiger partial charge >= 0.3 is 0 Å². The highest BCUT2D eigenvalue weighted by molar-refractivity contribution is 6.30. The molecule has 2 rings (SSSR count). The average Bonchev–Trinajstić information content (AvgIpc) is 2.40. The van der Waals surface area contributed by atoms with Gasteiger partial charge < -0.3 is 10.8 Å². The van der Waals surface area contributed by atoms with Crippen molar-refractivity contribution in [3.8, 4) is 6.07 Å². The van der Waals surface area contributed by atoms with Crippen LogP contribution < -0.4 is 5.73 Å². The molecule has 0 atom stereocenters. The summed E-state index contributed by atoms with van der Waals surface area (Å²) < 4.78 is 0. The Morgan fingerprint density at radius 3 is 2.74 bits per heavy atom. The van der Waals surface area contributed by atoms with Gasteiger partial charge in [-0.1, -0.05) is 23.7 Å². The van der Waals surface area contributed by atoms with Crippen molar-refractivity contribution < 1.29 is 5.11 Å². The van der Waals surface area contributed by atoms with Crippen molar-refractivity contribution in [2.45, 2.75) is 0 Å². The molecular weight excluding hydrogens is 264 g/mol. The Morgan fingerprint density at radius 1 is 1.42 bits per heavy atom. The minimum absolute atomic E-state index is 0.0956. The van der Waals surface area contributed by atoms with Gasteiger partial charge in [0.05, 0.1) is 30.1 Å². The Kier molecular flexibility index (Phi) is 3.74. The van der Waals surface area contributed by atoms with Crippen LogP contribution in [0.4, 0.5) is 0 Å². The molecular formula is C13H11ClN4O. The van der Waals surface area contributed by atoms with E-state index in [1.54, 1.807) is 30.5 Å². The molecule has 1 heterocycles. The number of allylic oxidation sites excluding steroid dienone is 1. The van der Waals surface area contributed by atoms with E-state index in [0.29, 0.717) is 10.6 Å². The maximum Gasteiger partial charge on any atom is 0.210 e. The molecule has 0 saturated heterocycles. The molecule has 5 nitrogen and oxygen atoms in total. The van der Waals surface area contributed by atoms with E-state index in [2.05, 4.69) is 5.10 Å². The van der Waals surface area contributed by atoms with Crippen LogP contribution >= 0.6 is 11.6 Å². The Morgan fingerprint density at radius 2 is 2.11 bits per heavy atom. The summed E-state index contributed by atoms with van der Waals surface area (Å²) in [6.07, 6.45) is 2.87. The van der Waals surface area contributed by atoms with Crippen molar-refractivity contribution >= 4 is 17.8 Å². The van der Waals surface area contributed by atoms with Crippen LogP contribution in [0.3, 0.4) is 0 Å². The molecule has 0 amide bonds. The van der Waals surface area contributed by atoms with Crippen LogP contribution in [-0.4, -0.2) is 22.9 Å². The topological polar surface area (TPSA) is 85.6 Å². The molecule has 0 aliphatic carbocycles. The summed E-state index contributed by atoms with van der Waals surface area (Å²) in [6.45, 7) is 0.148. The van der Waals surface area contributed by atoms with Crippen molar-refractivity contribution in [3.05, 3.63) is 58.1 Å². The standard InChI is InChI=1S/C13H11ClN4O/c14-11-3-1-9(2-4-11)7-17-18-8-10(6-15)12(16)5-13(18)19/h1-5,7,19H,8,16H2/b17-7+. The molecule has 1 aliphatic rings. The molecule has 19 heavy (non-hydrogen) atoms. The zero-order valence-electron chi connectivity index (χ0n) is 9.92. The van der Waals surface area contributed by atoms with Crippen LogP contribution in [0.2, 0.25) is 5.02 Å². The first-order valence-electron chi connectivity index (χ1n) is 5.46. The zero-order valence-corrected chi connectivity index (χ0v) is 10.7. The summed E-state index contributed by atoms with van der Waals surface area (Å²) in [5.74, 6) is -0.0956. The fourth-order valence-corrected chi connectivity index (χ4v) is 1.63. The van der Waals surface area contributed by atoms with Gasteiger partial charge in [0.25, 0.3) is 0 Å².